The van der Waals surface area contributed by atoms with E-state index in [-0.39, 0.29) is 27.4 Å². The summed E-state index contributed by atoms with van der Waals surface area (Å²) in [5.74, 6) is -0.0423. The maximum atomic E-state index is 8.20. The van der Waals surface area contributed by atoms with Gasteiger partial charge in [0.15, 0.2) is 0 Å². The van der Waals surface area contributed by atoms with Gasteiger partial charge >= 0.3 is 0 Å². The van der Waals surface area contributed by atoms with Crippen molar-refractivity contribution in [2.45, 2.75) is 0 Å². The summed E-state index contributed by atoms with van der Waals surface area (Å²) in [6.45, 7) is 0. The number of allylic oxidation sites excluding steroid dienone is 4. The van der Waals surface area contributed by atoms with Gasteiger partial charge in [-0.05, 0) is 16.7 Å². The van der Waals surface area contributed by atoms with Crippen LogP contribution in [0.2, 0.25) is 0 Å². The first kappa shape index (κ1) is 9.92. The molecule has 2 rings (SSSR count). The minimum atomic E-state index is -0.0423. The molecule has 0 fully saturated rings. The van der Waals surface area contributed by atoms with Crippen LogP contribution in [0.3, 0.4) is 0 Å². The zero-order valence-corrected chi connectivity index (χ0v) is 8.58. The molecule has 1 heterocycles. The molecule has 2 aliphatic rings. The Morgan fingerprint density at radius 2 is 2.13 bits per heavy atom. The van der Waals surface area contributed by atoms with E-state index in [1.54, 1.807) is 0 Å². The number of nitrogens with one attached hydrogen (secondary N) is 1. The SMILES string of the molecule is [N-]=[N+]=NC1=NC2=CC(Cl)=C(Cl)C(=N)C2=N1. The molecule has 0 saturated heterocycles. The van der Waals surface area contributed by atoms with Crippen LogP contribution < -0.4 is 0 Å². The van der Waals surface area contributed by atoms with Crippen LogP contribution in [0.15, 0.2) is 36.9 Å². The molecule has 0 atom stereocenters. The second-order valence-corrected chi connectivity index (χ2v) is 3.41. The molecule has 1 aliphatic carbocycles. The van der Waals surface area contributed by atoms with Crippen molar-refractivity contribution in [3.8, 4) is 0 Å². The fraction of sp³-hybridized carbons (Fsp3) is 0. The number of fused-ring (bicyclic) bond motifs is 1. The van der Waals surface area contributed by atoms with Gasteiger partial charge in [-0.15, -0.1) is 0 Å². The highest BCUT2D eigenvalue weighted by molar-refractivity contribution is 6.67. The van der Waals surface area contributed by atoms with Gasteiger partial charge in [0.05, 0.1) is 15.8 Å². The minimum absolute atomic E-state index is 0.0222. The molecule has 0 unspecified atom stereocenters. The van der Waals surface area contributed by atoms with Crippen LogP contribution in [0.4, 0.5) is 0 Å². The van der Waals surface area contributed by atoms with Gasteiger partial charge in [-0.3, -0.25) is 5.41 Å². The van der Waals surface area contributed by atoms with Crippen LogP contribution in [-0.4, -0.2) is 17.4 Å². The van der Waals surface area contributed by atoms with E-state index in [1.807, 2.05) is 0 Å². The maximum absolute atomic E-state index is 8.20. The molecule has 6 nitrogen and oxygen atoms in total. The fourth-order valence-electron chi connectivity index (χ4n) is 1.12. The number of azide groups is 1. The molecule has 74 valence electrons. The van der Waals surface area contributed by atoms with Crippen molar-refractivity contribution >= 4 is 40.6 Å². The van der Waals surface area contributed by atoms with Gasteiger partial charge in [0.25, 0.3) is 0 Å². The number of nitrogens with zero attached hydrogens (tertiary/aromatic N) is 5. The van der Waals surface area contributed by atoms with E-state index in [0.717, 1.165) is 0 Å². The van der Waals surface area contributed by atoms with E-state index in [0.29, 0.717) is 5.70 Å². The van der Waals surface area contributed by atoms with Gasteiger partial charge in [-0.1, -0.05) is 23.2 Å². The summed E-state index contributed by atoms with van der Waals surface area (Å²) in [7, 11) is 0. The zero-order valence-electron chi connectivity index (χ0n) is 7.07. The Balaban J connectivity index is 2.52. The molecule has 0 aromatic rings. The summed E-state index contributed by atoms with van der Waals surface area (Å²) < 4.78 is 0. The van der Waals surface area contributed by atoms with E-state index in [9.17, 15) is 0 Å². The van der Waals surface area contributed by atoms with Crippen LogP contribution in [0, 0.1) is 5.41 Å². The number of rotatable bonds is 0. The predicted molar refractivity (Wildman–Crippen MR) is 58.6 cm³/mol. The Hall–Kier alpha value is -1.62. The van der Waals surface area contributed by atoms with Crippen molar-refractivity contribution in [3.05, 3.63) is 32.3 Å². The summed E-state index contributed by atoms with van der Waals surface area (Å²) >= 11 is 11.5. The molecule has 0 radical (unpaired) electrons. The Bertz CT molecular complexity index is 532. The molecule has 0 saturated carbocycles. The van der Waals surface area contributed by atoms with Crippen molar-refractivity contribution in [1.29, 1.82) is 5.41 Å². The van der Waals surface area contributed by atoms with Crippen molar-refractivity contribution in [2.24, 2.45) is 15.1 Å². The molecule has 0 aromatic heterocycles. The summed E-state index contributed by atoms with van der Waals surface area (Å²) in [5, 5.41) is 11.2. The third kappa shape index (κ3) is 1.55. The molecule has 0 amide bonds. The lowest BCUT2D eigenvalue weighted by atomic mass is 10.1. The molecule has 15 heavy (non-hydrogen) atoms. The average Bonchev–Trinajstić information content (AvgIpc) is 2.58. The van der Waals surface area contributed by atoms with Crippen molar-refractivity contribution in [1.82, 2.24) is 0 Å². The summed E-state index contributed by atoms with van der Waals surface area (Å²) in [6, 6.07) is 0. The fourth-order valence-corrected chi connectivity index (χ4v) is 1.46. The third-order valence-electron chi connectivity index (χ3n) is 1.74. The van der Waals surface area contributed by atoms with Gasteiger partial charge in [-0.25, -0.2) is 9.98 Å². The molecular weight excluding hydrogens is 239 g/mol. The summed E-state index contributed by atoms with van der Waals surface area (Å²) in [5.41, 5.74) is 8.84. The normalized spacial score (nSPS) is 19.1. The molecule has 1 N–H and O–H groups in total. The largest absolute Gasteiger partial charge is 0.297 e. The Morgan fingerprint density at radius 1 is 1.40 bits per heavy atom. The highest BCUT2D eigenvalue weighted by Crippen LogP contribution is 2.28. The lowest BCUT2D eigenvalue weighted by Crippen LogP contribution is -2.17. The van der Waals surface area contributed by atoms with Gasteiger partial charge in [0, 0.05) is 4.91 Å². The third-order valence-corrected chi connectivity index (χ3v) is 2.53. The van der Waals surface area contributed by atoms with Crippen molar-refractivity contribution < 1.29 is 0 Å². The first-order valence-electron chi connectivity index (χ1n) is 3.72. The van der Waals surface area contributed by atoms with Crippen LogP contribution in [-0.2, 0) is 0 Å². The maximum Gasteiger partial charge on any atom is 0.217 e. The number of halogens is 2. The van der Waals surface area contributed by atoms with E-state index < -0.39 is 0 Å². The second-order valence-electron chi connectivity index (χ2n) is 2.63. The molecular formula is C7H2Cl2N6. The lowest BCUT2D eigenvalue weighted by Gasteiger charge is -2.09. The van der Waals surface area contributed by atoms with Crippen LogP contribution in [0.5, 0.6) is 0 Å². The van der Waals surface area contributed by atoms with E-state index >= 15 is 0 Å². The van der Waals surface area contributed by atoms with E-state index in [1.165, 1.54) is 6.08 Å². The van der Waals surface area contributed by atoms with Gasteiger partial charge < -0.3 is 0 Å². The van der Waals surface area contributed by atoms with Crippen LogP contribution in [0.1, 0.15) is 0 Å². The first-order valence-corrected chi connectivity index (χ1v) is 4.48. The summed E-state index contributed by atoms with van der Waals surface area (Å²) in [4.78, 5) is 10.3. The Morgan fingerprint density at radius 3 is 2.80 bits per heavy atom. The zero-order chi connectivity index (χ0) is 11.0. The molecule has 0 spiro atoms. The number of aliphatic imine (C=N–C) groups is 2. The van der Waals surface area contributed by atoms with Gasteiger partial charge in [0.2, 0.25) is 5.96 Å². The lowest BCUT2D eigenvalue weighted by molar-refractivity contribution is 1.42. The Labute approximate surface area is 93.8 Å². The van der Waals surface area contributed by atoms with E-state index in [4.69, 9.17) is 34.1 Å². The number of guanidine groups is 1. The monoisotopic (exact) mass is 240 g/mol. The first-order chi connectivity index (χ1) is 7.13. The van der Waals surface area contributed by atoms with Crippen LogP contribution >= 0.6 is 23.2 Å². The molecule has 0 aromatic carbocycles. The predicted octanol–water partition coefficient (Wildman–Crippen LogP) is 2.71. The summed E-state index contributed by atoms with van der Waals surface area (Å²) in [6.07, 6.45) is 1.47. The molecule has 0 bridgehead atoms. The second kappa shape index (κ2) is 3.51. The topological polar surface area (TPSA) is 97.3 Å². The molecule has 1 aliphatic heterocycles. The number of hydrogen-bond donors (Lipinski definition) is 1. The highest BCUT2D eigenvalue weighted by atomic mass is 35.5. The number of hydrogen-bond acceptors (Lipinski definition) is 4. The van der Waals surface area contributed by atoms with Crippen LogP contribution in [0.25, 0.3) is 10.4 Å². The average molecular weight is 241 g/mol. The van der Waals surface area contributed by atoms with Gasteiger partial charge in [-0.2, -0.15) is 0 Å². The van der Waals surface area contributed by atoms with Gasteiger partial charge in [0.1, 0.15) is 11.4 Å². The Kier molecular flexibility index (Phi) is 2.32. The van der Waals surface area contributed by atoms with Crippen molar-refractivity contribution in [2.75, 3.05) is 0 Å². The van der Waals surface area contributed by atoms with E-state index in [2.05, 4.69) is 20.0 Å². The van der Waals surface area contributed by atoms with Crippen molar-refractivity contribution in [3.63, 3.8) is 0 Å². The quantitative estimate of drug-likeness (QED) is 0.292. The highest BCUT2D eigenvalue weighted by Gasteiger charge is 2.27. The standard InChI is InChI=1S/C7H2Cl2N6/c8-2-1-3-6(5(10)4(2)9)13-7(12-3)14-15-11/h1,10H. The molecule has 8 heteroatoms. The smallest absolute Gasteiger partial charge is 0.217 e. The minimum Gasteiger partial charge on any atom is -0.297 e.